The van der Waals surface area contributed by atoms with E-state index in [2.05, 4.69) is 173 Å². The van der Waals surface area contributed by atoms with E-state index in [9.17, 15) is 0 Å². The highest BCUT2D eigenvalue weighted by Gasteiger charge is 2.24. The van der Waals surface area contributed by atoms with Crippen LogP contribution in [0.3, 0.4) is 0 Å². The molecular formula is C57H33N5O. The van der Waals surface area contributed by atoms with Gasteiger partial charge in [0.2, 0.25) is 5.95 Å². The smallest absolute Gasteiger partial charge is 0.238 e. The first-order valence-corrected chi connectivity index (χ1v) is 21.3. The van der Waals surface area contributed by atoms with Crippen molar-refractivity contribution in [3.63, 3.8) is 0 Å². The molecule has 292 valence electrons. The molecule has 6 heteroatoms. The summed E-state index contributed by atoms with van der Waals surface area (Å²) in [5.74, 6) is 1.69. The van der Waals surface area contributed by atoms with Crippen molar-refractivity contribution in [2.45, 2.75) is 0 Å². The number of nitrogens with zero attached hydrogens (tertiary/aromatic N) is 5. The summed E-state index contributed by atoms with van der Waals surface area (Å²) in [6.45, 7) is 0. The number of hydrogen-bond acceptors (Lipinski definition) is 4. The Morgan fingerprint density at radius 3 is 1.46 bits per heavy atom. The number of para-hydroxylation sites is 3. The lowest BCUT2D eigenvalue weighted by atomic mass is 9.94. The maximum Gasteiger partial charge on any atom is 0.238 e. The molecule has 0 unspecified atom stereocenters. The minimum absolute atomic E-state index is 0.537. The summed E-state index contributed by atoms with van der Waals surface area (Å²) in [5.41, 5.74) is 8.72. The van der Waals surface area contributed by atoms with Crippen molar-refractivity contribution in [1.29, 1.82) is 0 Å². The third-order valence-corrected chi connectivity index (χ3v) is 12.9. The van der Waals surface area contributed by atoms with Crippen molar-refractivity contribution in [2.75, 3.05) is 0 Å². The number of fused-ring (bicyclic) bond motifs is 16. The fourth-order valence-electron chi connectivity index (χ4n) is 10.2. The maximum absolute atomic E-state index is 6.37. The van der Waals surface area contributed by atoms with Gasteiger partial charge in [-0.3, -0.25) is 4.57 Å². The summed E-state index contributed by atoms with van der Waals surface area (Å²) in [5, 5.41) is 14.2. The van der Waals surface area contributed by atoms with Gasteiger partial charge in [-0.05, 0) is 74.8 Å². The summed E-state index contributed by atoms with van der Waals surface area (Å²) in [6.07, 6.45) is 0. The van der Waals surface area contributed by atoms with Gasteiger partial charge in [0.25, 0.3) is 0 Å². The van der Waals surface area contributed by atoms with Crippen molar-refractivity contribution in [1.82, 2.24) is 24.1 Å². The van der Waals surface area contributed by atoms with Crippen LogP contribution in [0.2, 0.25) is 0 Å². The number of hydrogen-bond donors (Lipinski definition) is 0. The molecule has 0 aliphatic heterocycles. The highest BCUT2D eigenvalue weighted by atomic mass is 16.3. The molecule has 0 spiro atoms. The molecule has 0 bridgehead atoms. The summed E-state index contributed by atoms with van der Waals surface area (Å²) < 4.78 is 11.1. The van der Waals surface area contributed by atoms with Gasteiger partial charge in [0.1, 0.15) is 11.2 Å². The van der Waals surface area contributed by atoms with E-state index in [-0.39, 0.29) is 0 Å². The Morgan fingerprint density at radius 2 is 0.778 bits per heavy atom. The largest absolute Gasteiger partial charge is 0.456 e. The van der Waals surface area contributed by atoms with Crippen molar-refractivity contribution in [3.05, 3.63) is 200 Å². The Morgan fingerprint density at radius 1 is 0.302 bits per heavy atom. The minimum atomic E-state index is 0.537. The van der Waals surface area contributed by atoms with Crippen LogP contribution in [0.5, 0.6) is 0 Å². The molecule has 14 rings (SSSR count). The molecular weight excluding hydrogens is 771 g/mol. The molecule has 10 aromatic carbocycles. The third kappa shape index (κ3) is 4.91. The van der Waals surface area contributed by atoms with Gasteiger partial charge in [0.05, 0.1) is 22.1 Å². The van der Waals surface area contributed by atoms with Gasteiger partial charge in [-0.1, -0.05) is 158 Å². The van der Waals surface area contributed by atoms with Gasteiger partial charge in [-0.15, -0.1) is 0 Å². The molecule has 0 aliphatic rings. The molecule has 0 atom stereocenters. The predicted molar refractivity (Wildman–Crippen MR) is 259 cm³/mol. The Hall–Kier alpha value is -8.61. The molecule has 6 nitrogen and oxygen atoms in total. The molecule has 0 fully saturated rings. The summed E-state index contributed by atoms with van der Waals surface area (Å²) in [4.78, 5) is 15.9. The van der Waals surface area contributed by atoms with Crippen LogP contribution in [0, 0.1) is 0 Å². The lowest BCUT2D eigenvalue weighted by molar-refractivity contribution is 0.669. The third-order valence-electron chi connectivity index (χ3n) is 12.9. The second kappa shape index (κ2) is 12.9. The van der Waals surface area contributed by atoms with E-state index >= 15 is 0 Å². The van der Waals surface area contributed by atoms with Gasteiger partial charge in [-0.25, -0.2) is 4.98 Å². The zero-order chi connectivity index (χ0) is 41.2. The number of benzene rings is 10. The van der Waals surface area contributed by atoms with Crippen LogP contribution in [0.1, 0.15) is 0 Å². The second-order valence-electron chi connectivity index (χ2n) is 16.3. The van der Waals surface area contributed by atoms with Crippen LogP contribution < -0.4 is 0 Å². The predicted octanol–water partition coefficient (Wildman–Crippen LogP) is 14.8. The van der Waals surface area contributed by atoms with Crippen LogP contribution in [0.15, 0.2) is 205 Å². The van der Waals surface area contributed by atoms with Gasteiger partial charge in [0.15, 0.2) is 11.6 Å². The van der Waals surface area contributed by atoms with E-state index in [0.29, 0.717) is 17.6 Å². The van der Waals surface area contributed by atoms with Gasteiger partial charge < -0.3 is 8.98 Å². The van der Waals surface area contributed by atoms with Crippen LogP contribution in [-0.2, 0) is 0 Å². The van der Waals surface area contributed by atoms with Crippen LogP contribution >= 0.6 is 0 Å². The molecule has 0 aliphatic carbocycles. The number of rotatable bonds is 4. The van der Waals surface area contributed by atoms with Crippen LogP contribution in [0.4, 0.5) is 0 Å². The first-order valence-electron chi connectivity index (χ1n) is 21.3. The van der Waals surface area contributed by atoms with E-state index in [1.165, 1.54) is 37.7 Å². The van der Waals surface area contributed by atoms with E-state index in [1.54, 1.807) is 0 Å². The second-order valence-corrected chi connectivity index (χ2v) is 16.3. The SMILES string of the molecule is c1ccc(-c2nc(-c3ccc4c(c3)oc3ccccc34)nc(-n3c4ccccc4c4ccc5c6ccccc6n(-c6ccc7c8ccccc8c8ccccc8c7c6)c5c43)n2)cc1. The quantitative estimate of drug-likeness (QED) is 0.166. The molecule has 0 saturated carbocycles. The molecule has 0 N–H and O–H groups in total. The normalized spacial score (nSPS) is 12.1. The molecule has 0 radical (unpaired) electrons. The van der Waals surface area contributed by atoms with Crippen molar-refractivity contribution in [2.24, 2.45) is 0 Å². The molecule has 4 aromatic heterocycles. The maximum atomic E-state index is 6.37. The topological polar surface area (TPSA) is 61.7 Å². The highest BCUT2D eigenvalue weighted by molar-refractivity contribution is 6.27. The van der Waals surface area contributed by atoms with E-state index in [0.717, 1.165) is 77.0 Å². The van der Waals surface area contributed by atoms with Gasteiger partial charge >= 0.3 is 0 Å². The molecule has 0 saturated heterocycles. The average Bonchev–Trinajstić information content (AvgIpc) is 4.02. The van der Waals surface area contributed by atoms with Gasteiger partial charge in [-0.2, -0.15) is 9.97 Å². The average molecular weight is 804 g/mol. The lowest BCUT2D eigenvalue weighted by Crippen LogP contribution is -2.07. The van der Waals surface area contributed by atoms with Crippen molar-refractivity contribution < 1.29 is 4.42 Å². The zero-order valence-corrected chi connectivity index (χ0v) is 33.7. The monoisotopic (exact) mass is 803 g/mol. The molecule has 4 heterocycles. The Labute approximate surface area is 359 Å². The first-order chi connectivity index (χ1) is 31.2. The summed E-state index contributed by atoms with van der Waals surface area (Å²) in [7, 11) is 0. The van der Waals surface area contributed by atoms with E-state index < -0.39 is 0 Å². The van der Waals surface area contributed by atoms with Crippen molar-refractivity contribution in [3.8, 4) is 34.4 Å². The number of aromatic nitrogens is 5. The summed E-state index contributed by atoms with van der Waals surface area (Å²) >= 11 is 0. The first kappa shape index (κ1) is 34.1. The standard InChI is InChI=1S/C57H33N5O/c1-2-14-34(15-3-1)55-58-56(35-26-28-45-44-22-10-13-25-51(44)63-52(45)32-35)60-57(59-55)62-50-24-12-9-21-43(50)47-31-30-46-42-20-8-11-23-49(42)61(53(46)54(47)62)36-27-29-41-39-18-5-4-16-37(39)38-17-6-7-19-40(38)48(41)33-36/h1-33H. The Bertz CT molecular complexity index is 4180. The van der Waals surface area contributed by atoms with Gasteiger partial charge in [0, 0.05) is 49.1 Å². The zero-order valence-electron chi connectivity index (χ0n) is 33.7. The van der Waals surface area contributed by atoms with Crippen LogP contribution in [0.25, 0.3) is 132 Å². The van der Waals surface area contributed by atoms with E-state index in [4.69, 9.17) is 19.4 Å². The molecule has 14 aromatic rings. The number of furan rings is 1. The Kier molecular flexibility index (Phi) is 7.02. The van der Waals surface area contributed by atoms with Crippen molar-refractivity contribution >= 4 is 97.9 Å². The minimum Gasteiger partial charge on any atom is -0.456 e. The lowest BCUT2D eigenvalue weighted by Gasteiger charge is -2.15. The highest BCUT2D eigenvalue weighted by Crippen LogP contribution is 2.43. The Balaban J connectivity index is 1.10. The molecule has 63 heavy (non-hydrogen) atoms. The fraction of sp³-hybridized carbons (Fsp3) is 0. The molecule has 0 amide bonds. The van der Waals surface area contributed by atoms with Crippen LogP contribution in [-0.4, -0.2) is 24.1 Å². The summed E-state index contributed by atoms with van der Waals surface area (Å²) in [6, 6.07) is 71.0. The van der Waals surface area contributed by atoms with E-state index in [1.807, 2.05) is 36.4 Å². The fourth-order valence-corrected chi connectivity index (χ4v) is 10.2.